The van der Waals surface area contributed by atoms with E-state index in [9.17, 15) is 14.5 Å². The van der Waals surface area contributed by atoms with E-state index >= 15 is 0 Å². The molecule has 0 N–H and O–H groups in total. The molecule has 3 rings (SSSR count). The number of non-ortho nitro benzene ring substituents is 1. The summed E-state index contributed by atoms with van der Waals surface area (Å²) in [6.45, 7) is 0. The van der Waals surface area contributed by atoms with Gasteiger partial charge >= 0.3 is 0 Å². The Hall–Kier alpha value is -2.51. The molecule has 0 spiro atoms. The van der Waals surface area contributed by atoms with Crippen molar-refractivity contribution in [2.24, 2.45) is 0 Å². The lowest BCUT2D eigenvalue weighted by molar-refractivity contribution is -0.385. The molecule has 0 atom stereocenters. The van der Waals surface area contributed by atoms with Crippen LogP contribution >= 0.6 is 23.4 Å². The molecule has 0 radical (unpaired) electrons. The van der Waals surface area contributed by atoms with Crippen molar-refractivity contribution < 1.29 is 9.31 Å². The summed E-state index contributed by atoms with van der Waals surface area (Å²) in [4.78, 5) is 19.1. The van der Waals surface area contributed by atoms with Gasteiger partial charge < -0.3 is 0 Å². The molecule has 3 aromatic rings. The highest BCUT2D eigenvalue weighted by Gasteiger charge is 2.14. The van der Waals surface area contributed by atoms with Crippen LogP contribution in [0.5, 0.6) is 0 Å². The van der Waals surface area contributed by atoms with E-state index in [2.05, 4.69) is 9.97 Å². The molecule has 0 saturated heterocycles. The van der Waals surface area contributed by atoms with Crippen LogP contribution in [-0.2, 0) is 0 Å². The molecule has 0 bridgehead atoms. The highest BCUT2D eigenvalue weighted by Crippen LogP contribution is 2.37. The highest BCUT2D eigenvalue weighted by molar-refractivity contribution is 7.99. The van der Waals surface area contributed by atoms with Gasteiger partial charge in [-0.15, -0.1) is 0 Å². The van der Waals surface area contributed by atoms with Crippen molar-refractivity contribution in [1.29, 1.82) is 0 Å². The monoisotopic (exact) mass is 361 g/mol. The van der Waals surface area contributed by atoms with Gasteiger partial charge in [0.2, 0.25) is 5.28 Å². The average molecular weight is 362 g/mol. The molecule has 0 saturated carbocycles. The molecular formula is C16H9ClFN3O2S. The zero-order valence-electron chi connectivity index (χ0n) is 12.0. The van der Waals surface area contributed by atoms with E-state index in [1.807, 2.05) is 24.3 Å². The molecule has 2 aromatic carbocycles. The maximum absolute atomic E-state index is 14.1. The van der Waals surface area contributed by atoms with Crippen molar-refractivity contribution in [2.75, 3.05) is 0 Å². The number of nitro groups is 1. The molecule has 0 aliphatic carbocycles. The van der Waals surface area contributed by atoms with Crippen LogP contribution in [0.25, 0.3) is 11.3 Å². The van der Waals surface area contributed by atoms with Gasteiger partial charge in [-0.2, -0.15) is 0 Å². The van der Waals surface area contributed by atoms with Crippen LogP contribution in [0.4, 0.5) is 10.1 Å². The number of hydrogen-bond acceptors (Lipinski definition) is 5. The second kappa shape index (κ2) is 6.94. The second-order valence-corrected chi connectivity index (χ2v) is 6.10. The van der Waals surface area contributed by atoms with Crippen LogP contribution < -0.4 is 0 Å². The number of nitrogens with zero attached hydrogens (tertiary/aromatic N) is 3. The summed E-state index contributed by atoms with van der Waals surface area (Å²) in [6, 6.07) is 12.6. The van der Waals surface area contributed by atoms with Gasteiger partial charge in [0, 0.05) is 27.6 Å². The quantitative estimate of drug-likeness (QED) is 0.372. The standard InChI is InChI=1S/C16H9ClFN3O2S/c17-16-19-8-7-13(20-16)11-3-1-2-4-14(11)24-15-6-5-10(21(22)23)9-12(15)18/h1-9H. The van der Waals surface area contributed by atoms with Gasteiger partial charge in [0.1, 0.15) is 5.82 Å². The molecule has 1 aromatic heterocycles. The average Bonchev–Trinajstić information content (AvgIpc) is 2.57. The lowest BCUT2D eigenvalue weighted by Gasteiger charge is -2.09. The lowest BCUT2D eigenvalue weighted by atomic mass is 10.1. The Morgan fingerprint density at radius 1 is 1.12 bits per heavy atom. The molecular weight excluding hydrogens is 353 g/mol. The maximum Gasteiger partial charge on any atom is 0.272 e. The fourth-order valence-corrected chi connectivity index (χ4v) is 3.16. The first-order valence-corrected chi connectivity index (χ1v) is 7.94. The molecule has 0 aliphatic heterocycles. The zero-order valence-corrected chi connectivity index (χ0v) is 13.6. The minimum atomic E-state index is -0.648. The normalized spacial score (nSPS) is 10.6. The Bertz CT molecular complexity index is 923. The minimum absolute atomic E-state index is 0.119. The van der Waals surface area contributed by atoms with Crippen molar-refractivity contribution in [3.05, 3.63) is 75.9 Å². The third-order valence-electron chi connectivity index (χ3n) is 3.14. The van der Waals surface area contributed by atoms with Crippen molar-refractivity contribution in [2.45, 2.75) is 9.79 Å². The van der Waals surface area contributed by atoms with E-state index in [0.29, 0.717) is 5.69 Å². The Morgan fingerprint density at radius 3 is 2.62 bits per heavy atom. The van der Waals surface area contributed by atoms with Crippen molar-refractivity contribution >= 4 is 29.1 Å². The highest BCUT2D eigenvalue weighted by atomic mass is 35.5. The number of hydrogen-bond donors (Lipinski definition) is 0. The van der Waals surface area contributed by atoms with Gasteiger partial charge in [-0.3, -0.25) is 10.1 Å². The fourth-order valence-electron chi connectivity index (χ4n) is 2.06. The summed E-state index contributed by atoms with van der Waals surface area (Å²) in [5, 5.41) is 10.8. The predicted molar refractivity (Wildman–Crippen MR) is 89.7 cm³/mol. The van der Waals surface area contributed by atoms with Crippen LogP contribution in [0.2, 0.25) is 5.28 Å². The van der Waals surface area contributed by atoms with Crippen LogP contribution in [0, 0.1) is 15.9 Å². The van der Waals surface area contributed by atoms with Gasteiger partial charge in [0.05, 0.1) is 16.7 Å². The fraction of sp³-hybridized carbons (Fsp3) is 0. The molecule has 8 heteroatoms. The summed E-state index contributed by atoms with van der Waals surface area (Å²) in [7, 11) is 0. The van der Waals surface area contributed by atoms with E-state index in [4.69, 9.17) is 11.6 Å². The summed E-state index contributed by atoms with van der Waals surface area (Å²) < 4.78 is 14.1. The molecule has 5 nitrogen and oxygen atoms in total. The molecule has 0 unspecified atom stereocenters. The Morgan fingerprint density at radius 2 is 1.92 bits per heavy atom. The number of halogens is 2. The van der Waals surface area contributed by atoms with Gasteiger partial charge in [0.25, 0.3) is 5.69 Å². The Kier molecular flexibility index (Phi) is 4.73. The largest absolute Gasteiger partial charge is 0.272 e. The molecule has 0 amide bonds. The SMILES string of the molecule is O=[N+]([O-])c1ccc(Sc2ccccc2-c2ccnc(Cl)n2)c(F)c1. The Balaban J connectivity index is 1.98. The topological polar surface area (TPSA) is 68.9 Å². The number of benzene rings is 2. The van der Waals surface area contributed by atoms with E-state index < -0.39 is 10.7 Å². The first-order chi connectivity index (χ1) is 11.5. The predicted octanol–water partition coefficient (Wildman–Crippen LogP) is 5.00. The van der Waals surface area contributed by atoms with Crippen molar-refractivity contribution in [3.63, 3.8) is 0 Å². The summed E-state index contributed by atoms with van der Waals surface area (Å²) in [6.07, 6.45) is 1.54. The van der Waals surface area contributed by atoms with Crippen LogP contribution in [-0.4, -0.2) is 14.9 Å². The van der Waals surface area contributed by atoms with Gasteiger partial charge in [-0.25, -0.2) is 14.4 Å². The van der Waals surface area contributed by atoms with Gasteiger partial charge in [0.15, 0.2) is 0 Å². The number of nitro benzene ring substituents is 1. The number of aromatic nitrogens is 2. The first kappa shape index (κ1) is 16.4. The van der Waals surface area contributed by atoms with E-state index in [1.54, 1.807) is 12.3 Å². The third-order valence-corrected chi connectivity index (χ3v) is 4.44. The third kappa shape index (κ3) is 3.52. The van der Waals surface area contributed by atoms with E-state index in [-0.39, 0.29) is 15.9 Å². The van der Waals surface area contributed by atoms with Crippen LogP contribution in [0.1, 0.15) is 0 Å². The van der Waals surface area contributed by atoms with E-state index in [1.165, 1.54) is 12.1 Å². The van der Waals surface area contributed by atoms with Gasteiger partial charge in [-0.1, -0.05) is 30.0 Å². The van der Waals surface area contributed by atoms with Crippen molar-refractivity contribution in [1.82, 2.24) is 9.97 Å². The lowest BCUT2D eigenvalue weighted by Crippen LogP contribution is -1.91. The molecule has 0 fully saturated rings. The second-order valence-electron chi connectivity index (χ2n) is 4.68. The Labute approximate surface area is 145 Å². The molecule has 24 heavy (non-hydrogen) atoms. The van der Waals surface area contributed by atoms with Crippen LogP contribution in [0.15, 0.2) is 64.5 Å². The molecule has 0 aliphatic rings. The minimum Gasteiger partial charge on any atom is -0.258 e. The summed E-state index contributed by atoms with van der Waals surface area (Å²) in [5.41, 5.74) is 1.10. The summed E-state index contributed by atoms with van der Waals surface area (Å²) >= 11 is 6.99. The van der Waals surface area contributed by atoms with Crippen molar-refractivity contribution in [3.8, 4) is 11.3 Å². The first-order valence-electron chi connectivity index (χ1n) is 6.74. The molecule has 1 heterocycles. The maximum atomic E-state index is 14.1. The zero-order chi connectivity index (χ0) is 17.1. The molecule has 120 valence electrons. The van der Waals surface area contributed by atoms with Gasteiger partial charge in [-0.05, 0) is 29.8 Å². The smallest absolute Gasteiger partial charge is 0.258 e. The van der Waals surface area contributed by atoms with E-state index in [0.717, 1.165) is 28.3 Å². The summed E-state index contributed by atoms with van der Waals surface area (Å²) in [5.74, 6) is -0.648. The van der Waals surface area contributed by atoms with Crippen LogP contribution in [0.3, 0.4) is 0 Å². The number of rotatable bonds is 4.